The van der Waals surface area contributed by atoms with Gasteiger partial charge in [-0.2, -0.15) is 0 Å². The Balaban J connectivity index is 3.08. The van der Waals surface area contributed by atoms with Gasteiger partial charge in [0.1, 0.15) is 5.84 Å². The number of nitrogens with one attached hydrogen (secondary N) is 1. The van der Waals surface area contributed by atoms with E-state index in [1.54, 1.807) is 0 Å². The van der Waals surface area contributed by atoms with Crippen LogP contribution in [0.5, 0.6) is 0 Å². The van der Waals surface area contributed by atoms with E-state index >= 15 is 0 Å². The second-order valence-corrected chi connectivity index (χ2v) is 4.53. The second-order valence-electron chi connectivity index (χ2n) is 3.68. The van der Waals surface area contributed by atoms with Gasteiger partial charge in [0.15, 0.2) is 0 Å². The molecule has 0 bridgehead atoms. The molecule has 0 heterocycles. The molecule has 0 saturated heterocycles. The molecule has 0 unspecified atom stereocenters. The van der Waals surface area contributed by atoms with E-state index in [0.717, 1.165) is 10.0 Å². The lowest BCUT2D eigenvalue weighted by molar-refractivity contribution is 0.820. The average Bonchev–Trinajstić information content (AvgIpc) is 2.18. The van der Waals surface area contributed by atoms with Gasteiger partial charge >= 0.3 is 0 Å². The summed E-state index contributed by atoms with van der Waals surface area (Å²) in [4.78, 5) is 4.40. The fraction of sp³-hybridized carbons (Fsp3) is 0.364. The van der Waals surface area contributed by atoms with E-state index in [-0.39, 0.29) is 6.04 Å². The van der Waals surface area contributed by atoms with Crippen molar-refractivity contribution < 1.29 is 0 Å². The molecule has 1 aromatic carbocycles. The van der Waals surface area contributed by atoms with Crippen molar-refractivity contribution in [2.45, 2.75) is 26.8 Å². The maximum absolute atomic E-state index is 5.45. The van der Waals surface area contributed by atoms with Crippen LogP contribution >= 0.6 is 15.9 Å². The average molecular weight is 270 g/mol. The Labute approximate surface area is 98.9 Å². The molecule has 0 aliphatic heterocycles. The minimum atomic E-state index is 0.219. The zero-order valence-corrected chi connectivity index (χ0v) is 10.8. The predicted molar refractivity (Wildman–Crippen MR) is 67.9 cm³/mol. The first-order valence-corrected chi connectivity index (χ1v) is 5.65. The molecule has 0 amide bonds. The van der Waals surface area contributed by atoms with E-state index in [9.17, 15) is 0 Å². The second kappa shape index (κ2) is 5.28. The molecule has 82 valence electrons. The van der Waals surface area contributed by atoms with Gasteiger partial charge in [0, 0.05) is 16.1 Å². The third-order valence-corrected chi connectivity index (χ3v) is 2.82. The summed E-state index contributed by atoms with van der Waals surface area (Å²) in [6, 6.07) is 6.26. The molecule has 0 fully saturated rings. The first-order chi connectivity index (χ1) is 7.04. The van der Waals surface area contributed by atoms with Crippen LogP contribution in [0.2, 0.25) is 0 Å². The van der Waals surface area contributed by atoms with E-state index in [1.807, 2.05) is 39.0 Å². The Hall–Kier alpha value is -0.870. The van der Waals surface area contributed by atoms with Gasteiger partial charge in [-0.3, -0.25) is 4.99 Å². The summed E-state index contributed by atoms with van der Waals surface area (Å²) in [5.41, 5.74) is 4.81. The van der Waals surface area contributed by atoms with Gasteiger partial charge < -0.3 is 5.43 Å². The van der Waals surface area contributed by atoms with Gasteiger partial charge in [-0.25, -0.2) is 5.84 Å². The predicted octanol–water partition coefficient (Wildman–Crippen LogP) is 2.38. The van der Waals surface area contributed by atoms with Crippen LogP contribution in [0.3, 0.4) is 0 Å². The summed E-state index contributed by atoms with van der Waals surface area (Å²) >= 11 is 3.49. The third-order valence-electron chi connectivity index (χ3n) is 1.97. The minimum Gasteiger partial charge on any atom is -0.308 e. The zero-order valence-electron chi connectivity index (χ0n) is 9.21. The maximum atomic E-state index is 5.45. The topological polar surface area (TPSA) is 50.4 Å². The lowest BCUT2D eigenvalue weighted by Gasteiger charge is -2.09. The molecule has 4 heteroatoms. The highest BCUT2D eigenvalue weighted by Gasteiger charge is 2.04. The highest BCUT2D eigenvalue weighted by molar-refractivity contribution is 9.10. The fourth-order valence-electron chi connectivity index (χ4n) is 1.19. The van der Waals surface area contributed by atoms with Crippen LogP contribution in [0.25, 0.3) is 0 Å². The number of hydrazine groups is 1. The maximum Gasteiger partial charge on any atom is 0.142 e. The Bertz CT molecular complexity index is 372. The van der Waals surface area contributed by atoms with Crippen LogP contribution in [0.15, 0.2) is 27.7 Å². The van der Waals surface area contributed by atoms with Crippen LogP contribution in [-0.2, 0) is 0 Å². The Kier molecular flexibility index (Phi) is 4.29. The van der Waals surface area contributed by atoms with Gasteiger partial charge in [0.25, 0.3) is 0 Å². The number of halogens is 1. The van der Waals surface area contributed by atoms with E-state index in [1.165, 1.54) is 5.56 Å². The zero-order chi connectivity index (χ0) is 11.4. The van der Waals surface area contributed by atoms with Crippen molar-refractivity contribution in [1.82, 2.24) is 5.43 Å². The Morgan fingerprint density at radius 2 is 2.13 bits per heavy atom. The van der Waals surface area contributed by atoms with Gasteiger partial charge in [-0.15, -0.1) is 0 Å². The summed E-state index contributed by atoms with van der Waals surface area (Å²) in [5.74, 6) is 6.16. The molecule has 0 spiro atoms. The highest BCUT2D eigenvalue weighted by atomic mass is 79.9. The Morgan fingerprint density at radius 3 is 2.60 bits per heavy atom. The van der Waals surface area contributed by atoms with Crippen LogP contribution in [-0.4, -0.2) is 11.9 Å². The van der Waals surface area contributed by atoms with Gasteiger partial charge in [0.2, 0.25) is 0 Å². The van der Waals surface area contributed by atoms with E-state index in [4.69, 9.17) is 5.84 Å². The number of nitrogens with zero attached hydrogens (tertiary/aromatic N) is 1. The molecular formula is C11H16BrN3. The van der Waals surface area contributed by atoms with Crippen molar-refractivity contribution >= 4 is 21.8 Å². The van der Waals surface area contributed by atoms with Crippen LogP contribution < -0.4 is 11.3 Å². The highest BCUT2D eigenvalue weighted by Crippen LogP contribution is 2.17. The van der Waals surface area contributed by atoms with E-state index in [2.05, 4.69) is 26.3 Å². The summed E-state index contributed by atoms with van der Waals surface area (Å²) in [6.07, 6.45) is 0. The molecule has 0 aromatic heterocycles. The van der Waals surface area contributed by atoms with Crippen molar-refractivity contribution in [3.8, 4) is 0 Å². The lowest BCUT2D eigenvalue weighted by Crippen LogP contribution is -2.32. The molecule has 1 rings (SSSR count). The number of aryl methyl sites for hydroxylation is 1. The molecule has 0 radical (unpaired) electrons. The summed E-state index contributed by atoms with van der Waals surface area (Å²) < 4.78 is 1.06. The van der Waals surface area contributed by atoms with Crippen molar-refractivity contribution in [3.63, 3.8) is 0 Å². The SMILES string of the molecule is Cc1ccc(C(=NC(C)C)NN)cc1Br. The number of benzene rings is 1. The number of hydrogen-bond acceptors (Lipinski definition) is 2. The number of amidine groups is 1. The summed E-state index contributed by atoms with van der Waals surface area (Å²) in [7, 11) is 0. The number of aliphatic imine (C=N–C) groups is 1. The molecule has 0 atom stereocenters. The summed E-state index contributed by atoms with van der Waals surface area (Å²) in [5, 5.41) is 0. The quantitative estimate of drug-likeness (QED) is 0.375. The molecule has 0 aliphatic carbocycles. The number of rotatable bonds is 2. The third kappa shape index (κ3) is 3.32. The Morgan fingerprint density at radius 1 is 1.47 bits per heavy atom. The standard InChI is InChI=1S/C11H16BrN3/c1-7(2)14-11(15-13)9-5-4-8(3)10(12)6-9/h4-7H,13H2,1-3H3,(H,14,15). The van der Waals surface area contributed by atoms with Gasteiger partial charge in [-0.05, 0) is 32.4 Å². The van der Waals surface area contributed by atoms with Crippen LogP contribution in [0, 0.1) is 6.92 Å². The molecule has 3 N–H and O–H groups in total. The molecule has 15 heavy (non-hydrogen) atoms. The van der Waals surface area contributed by atoms with Crippen molar-refractivity contribution in [1.29, 1.82) is 0 Å². The van der Waals surface area contributed by atoms with Gasteiger partial charge in [0.05, 0.1) is 0 Å². The van der Waals surface area contributed by atoms with Crippen molar-refractivity contribution in [3.05, 3.63) is 33.8 Å². The van der Waals surface area contributed by atoms with Crippen LogP contribution in [0.1, 0.15) is 25.0 Å². The largest absolute Gasteiger partial charge is 0.308 e. The smallest absolute Gasteiger partial charge is 0.142 e. The van der Waals surface area contributed by atoms with E-state index in [0.29, 0.717) is 5.84 Å². The molecule has 1 aromatic rings. The van der Waals surface area contributed by atoms with Crippen molar-refractivity contribution in [2.24, 2.45) is 10.8 Å². The minimum absolute atomic E-state index is 0.219. The molecular weight excluding hydrogens is 254 g/mol. The molecule has 0 aliphatic rings. The van der Waals surface area contributed by atoms with E-state index < -0.39 is 0 Å². The fourth-order valence-corrected chi connectivity index (χ4v) is 1.57. The molecule has 3 nitrogen and oxygen atoms in total. The molecule has 0 saturated carbocycles. The summed E-state index contributed by atoms with van der Waals surface area (Å²) in [6.45, 7) is 6.07. The first-order valence-electron chi connectivity index (χ1n) is 4.85. The monoisotopic (exact) mass is 269 g/mol. The number of nitrogens with two attached hydrogens (primary N) is 1. The number of hydrogen-bond donors (Lipinski definition) is 2. The van der Waals surface area contributed by atoms with Crippen LogP contribution in [0.4, 0.5) is 0 Å². The lowest BCUT2D eigenvalue weighted by atomic mass is 10.1. The first kappa shape index (κ1) is 12.2. The van der Waals surface area contributed by atoms with Crippen molar-refractivity contribution in [2.75, 3.05) is 0 Å². The normalized spacial score (nSPS) is 12.0. The van der Waals surface area contributed by atoms with Gasteiger partial charge in [-0.1, -0.05) is 28.1 Å².